The van der Waals surface area contributed by atoms with Gasteiger partial charge in [0.2, 0.25) is 5.91 Å². The van der Waals surface area contributed by atoms with Crippen LogP contribution in [0.15, 0.2) is 58.8 Å². The summed E-state index contributed by atoms with van der Waals surface area (Å²) in [6.45, 7) is 0. The zero-order valence-electron chi connectivity index (χ0n) is 13.2. The number of thioether (sulfide) groups is 1. The number of nitro groups is 1. The fourth-order valence-electron chi connectivity index (χ4n) is 2.08. The lowest BCUT2D eigenvalue weighted by molar-refractivity contribution is -0.384. The van der Waals surface area contributed by atoms with Gasteiger partial charge in [0.15, 0.2) is 5.13 Å². The first-order chi connectivity index (χ1) is 12.5. The molecule has 1 amide bonds. The highest BCUT2D eigenvalue weighted by Gasteiger charge is 2.11. The summed E-state index contributed by atoms with van der Waals surface area (Å²) in [4.78, 5) is 27.5. The van der Waals surface area contributed by atoms with Crippen molar-refractivity contribution in [3.8, 4) is 11.3 Å². The van der Waals surface area contributed by atoms with Crippen LogP contribution in [0.25, 0.3) is 11.3 Å². The van der Waals surface area contributed by atoms with Gasteiger partial charge in [-0.05, 0) is 24.3 Å². The Morgan fingerprint density at radius 1 is 1.27 bits per heavy atom. The number of anilines is 1. The van der Waals surface area contributed by atoms with Crippen molar-refractivity contribution in [1.82, 2.24) is 4.98 Å². The zero-order valence-corrected chi connectivity index (χ0v) is 14.8. The summed E-state index contributed by atoms with van der Waals surface area (Å²) in [7, 11) is 0. The molecule has 6 nitrogen and oxygen atoms in total. The number of non-ortho nitro benzene ring substituents is 1. The third kappa shape index (κ3) is 4.64. The summed E-state index contributed by atoms with van der Waals surface area (Å²) in [6, 6.07) is 12.0. The van der Waals surface area contributed by atoms with E-state index in [1.807, 2.05) is 0 Å². The molecule has 0 aliphatic carbocycles. The first-order valence-electron chi connectivity index (χ1n) is 7.40. The van der Waals surface area contributed by atoms with Crippen molar-refractivity contribution in [3.05, 3.63) is 69.8 Å². The zero-order chi connectivity index (χ0) is 18.5. The smallest absolute Gasteiger partial charge is 0.270 e. The van der Waals surface area contributed by atoms with E-state index in [0.717, 1.165) is 4.90 Å². The second kappa shape index (κ2) is 8.07. The number of benzene rings is 2. The topological polar surface area (TPSA) is 85.1 Å². The van der Waals surface area contributed by atoms with Gasteiger partial charge in [-0.3, -0.25) is 14.9 Å². The van der Waals surface area contributed by atoms with Crippen LogP contribution >= 0.6 is 23.1 Å². The average Bonchev–Trinajstić information content (AvgIpc) is 3.10. The lowest BCUT2D eigenvalue weighted by atomic mass is 10.1. The maximum Gasteiger partial charge on any atom is 0.270 e. The molecule has 0 fully saturated rings. The summed E-state index contributed by atoms with van der Waals surface area (Å²) in [5.74, 6) is -0.397. The van der Waals surface area contributed by atoms with E-state index < -0.39 is 4.92 Å². The summed E-state index contributed by atoms with van der Waals surface area (Å²) >= 11 is 2.53. The fourth-order valence-corrected chi connectivity index (χ4v) is 3.51. The van der Waals surface area contributed by atoms with Gasteiger partial charge >= 0.3 is 0 Å². The minimum Gasteiger partial charge on any atom is -0.301 e. The van der Waals surface area contributed by atoms with E-state index >= 15 is 0 Å². The molecule has 0 unspecified atom stereocenters. The number of halogens is 1. The first kappa shape index (κ1) is 18.0. The molecule has 132 valence electrons. The van der Waals surface area contributed by atoms with E-state index in [0.29, 0.717) is 16.4 Å². The summed E-state index contributed by atoms with van der Waals surface area (Å²) in [5, 5.41) is 15.7. The Kier molecular flexibility index (Phi) is 5.59. The number of nitrogens with one attached hydrogen (secondary N) is 1. The molecule has 0 atom stereocenters. The Bertz CT molecular complexity index is 944. The molecule has 26 heavy (non-hydrogen) atoms. The number of nitrogens with zero attached hydrogens (tertiary/aromatic N) is 2. The molecular weight excluding hydrogens is 377 g/mol. The van der Waals surface area contributed by atoms with Crippen molar-refractivity contribution in [3.63, 3.8) is 0 Å². The highest BCUT2D eigenvalue weighted by Crippen LogP contribution is 2.27. The van der Waals surface area contributed by atoms with E-state index in [4.69, 9.17) is 0 Å². The van der Waals surface area contributed by atoms with Crippen molar-refractivity contribution < 1.29 is 14.1 Å². The minimum atomic E-state index is -0.467. The van der Waals surface area contributed by atoms with E-state index in [2.05, 4.69) is 10.3 Å². The Balaban J connectivity index is 1.61. The van der Waals surface area contributed by atoms with Crippen LogP contribution in [0.3, 0.4) is 0 Å². The van der Waals surface area contributed by atoms with Gasteiger partial charge in [0.25, 0.3) is 5.69 Å². The Labute approximate surface area is 156 Å². The van der Waals surface area contributed by atoms with Crippen LogP contribution in [0.1, 0.15) is 0 Å². The van der Waals surface area contributed by atoms with E-state index in [-0.39, 0.29) is 23.2 Å². The average molecular weight is 389 g/mol. The number of carbonyl (C=O) groups excluding carboxylic acids is 1. The second-order valence-corrected chi connectivity index (χ2v) is 7.04. The van der Waals surface area contributed by atoms with Crippen LogP contribution in [0, 0.1) is 15.9 Å². The van der Waals surface area contributed by atoms with Crippen LogP contribution in [-0.4, -0.2) is 21.6 Å². The van der Waals surface area contributed by atoms with Crippen molar-refractivity contribution in [2.45, 2.75) is 4.90 Å². The number of hydrogen-bond acceptors (Lipinski definition) is 6. The molecule has 3 aromatic rings. The maximum atomic E-state index is 12.9. The van der Waals surface area contributed by atoms with Gasteiger partial charge in [-0.25, -0.2) is 9.37 Å². The minimum absolute atomic E-state index is 0.0169. The molecule has 1 aromatic heterocycles. The highest BCUT2D eigenvalue weighted by atomic mass is 32.2. The van der Waals surface area contributed by atoms with Crippen molar-refractivity contribution in [2.24, 2.45) is 0 Å². The van der Waals surface area contributed by atoms with Gasteiger partial charge in [0, 0.05) is 28.0 Å². The molecule has 0 saturated carbocycles. The van der Waals surface area contributed by atoms with E-state index in [9.17, 15) is 19.3 Å². The van der Waals surface area contributed by atoms with Gasteiger partial charge in [-0.1, -0.05) is 12.1 Å². The van der Waals surface area contributed by atoms with Gasteiger partial charge in [-0.15, -0.1) is 23.1 Å². The quantitative estimate of drug-likeness (QED) is 0.379. The number of aromatic nitrogens is 1. The first-order valence-corrected chi connectivity index (χ1v) is 9.26. The van der Waals surface area contributed by atoms with Crippen molar-refractivity contribution in [1.29, 1.82) is 0 Å². The molecule has 0 saturated heterocycles. The predicted molar refractivity (Wildman–Crippen MR) is 100.0 cm³/mol. The fraction of sp³-hybridized carbons (Fsp3) is 0.0588. The number of hydrogen-bond donors (Lipinski definition) is 1. The van der Waals surface area contributed by atoms with E-state index in [1.54, 1.807) is 29.6 Å². The second-order valence-electron chi connectivity index (χ2n) is 5.14. The monoisotopic (exact) mass is 389 g/mol. The molecular formula is C17H12FN3O3S2. The Hall–Kier alpha value is -2.78. The van der Waals surface area contributed by atoms with Crippen LogP contribution in [0.2, 0.25) is 0 Å². The Morgan fingerprint density at radius 3 is 2.77 bits per heavy atom. The lowest BCUT2D eigenvalue weighted by Gasteiger charge is -2.02. The number of amides is 1. The van der Waals surface area contributed by atoms with Gasteiger partial charge < -0.3 is 5.32 Å². The number of nitro benzene ring substituents is 1. The van der Waals surface area contributed by atoms with Gasteiger partial charge in [0.05, 0.1) is 16.4 Å². The molecule has 3 rings (SSSR count). The number of thiazole rings is 1. The summed E-state index contributed by atoms with van der Waals surface area (Å²) in [6.07, 6.45) is 0. The van der Waals surface area contributed by atoms with Crippen LogP contribution in [-0.2, 0) is 4.79 Å². The molecule has 1 N–H and O–H groups in total. The molecule has 0 spiro atoms. The highest BCUT2D eigenvalue weighted by molar-refractivity contribution is 8.00. The van der Waals surface area contributed by atoms with Crippen LogP contribution in [0.4, 0.5) is 15.2 Å². The molecule has 0 radical (unpaired) electrons. The molecule has 9 heteroatoms. The van der Waals surface area contributed by atoms with Crippen molar-refractivity contribution in [2.75, 3.05) is 11.1 Å². The van der Waals surface area contributed by atoms with Gasteiger partial charge in [-0.2, -0.15) is 0 Å². The SMILES string of the molecule is O=C(CSc1ccc(F)cc1)Nc1nc(-c2cccc([N+](=O)[O-])c2)cs1. The maximum absolute atomic E-state index is 12.9. The largest absolute Gasteiger partial charge is 0.301 e. The summed E-state index contributed by atoms with van der Waals surface area (Å²) in [5.41, 5.74) is 1.15. The van der Waals surface area contributed by atoms with Gasteiger partial charge in [0.1, 0.15) is 5.82 Å². The lowest BCUT2D eigenvalue weighted by Crippen LogP contribution is -2.13. The standard InChI is InChI=1S/C17H12FN3O3S2/c18-12-4-6-14(7-5-12)25-10-16(22)20-17-19-15(9-26-17)11-2-1-3-13(8-11)21(23)24/h1-9H,10H2,(H,19,20,22). The molecule has 0 bridgehead atoms. The normalized spacial score (nSPS) is 10.5. The predicted octanol–water partition coefficient (Wildman–Crippen LogP) is 4.59. The third-order valence-electron chi connectivity index (χ3n) is 3.29. The number of carbonyl (C=O) groups is 1. The Morgan fingerprint density at radius 2 is 2.04 bits per heavy atom. The van der Waals surface area contributed by atoms with Crippen LogP contribution < -0.4 is 5.32 Å². The molecule has 0 aliphatic heterocycles. The molecule has 1 heterocycles. The third-order valence-corrected chi connectivity index (χ3v) is 5.06. The van der Waals surface area contributed by atoms with E-state index in [1.165, 1.54) is 47.4 Å². The summed E-state index contributed by atoms with van der Waals surface area (Å²) < 4.78 is 12.9. The molecule has 0 aliphatic rings. The van der Waals surface area contributed by atoms with Crippen molar-refractivity contribution >= 4 is 39.8 Å². The van der Waals surface area contributed by atoms with Crippen LogP contribution in [0.5, 0.6) is 0 Å². The number of rotatable bonds is 6. The molecule has 2 aromatic carbocycles.